The van der Waals surface area contributed by atoms with E-state index in [1.54, 1.807) is 19.0 Å². The third-order valence-electron chi connectivity index (χ3n) is 4.50. The minimum absolute atomic E-state index is 0.0550. The first-order valence-corrected chi connectivity index (χ1v) is 7.47. The number of rotatable bonds is 3. The lowest BCUT2D eigenvalue weighted by molar-refractivity contribution is 0.0827. The van der Waals surface area contributed by atoms with E-state index in [1.807, 2.05) is 24.3 Å². The molecule has 2 atom stereocenters. The zero-order valence-electron chi connectivity index (χ0n) is 12.3. The topological polar surface area (TPSA) is 35.6 Å². The van der Waals surface area contributed by atoms with E-state index < -0.39 is 0 Å². The normalized spacial score (nSPS) is 25.5. The summed E-state index contributed by atoms with van der Waals surface area (Å²) in [7, 11) is 3.56. The van der Waals surface area contributed by atoms with Crippen LogP contribution in [0.3, 0.4) is 0 Å². The van der Waals surface area contributed by atoms with Crippen molar-refractivity contribution in [3.05, 3.63) is 29.8 Å². The standard InChI is InChI=1S/C16H23N3O/c1-18(2)16(20)12-5-7-13(8-6-12)17-14-9-11-19-10-3-4-15(14)19/h5-8,14-15,17H,3-4,9-11H2,1-2H3. The molecule has 0 saturated carbocycles. The Hall–Kier alpha value is -1.55. The molecular formula is C16H23N3O. The zero-order valence-corrected chi connectivity index (χ0v) is 12.3. The van der Waals surface area contributed by atoms with E-state index in [2.05, 4.69) is 10.2 Å². The highest BCUT2D eigenvalue weighted by Gasteiger charge is 2.36. The van der Waals surface area contributed by atoms with Gasteiger partial charge >= 0.3 is 0 Å². The van der Waals surface area contributed by atoms with Crippen LogP contribution in [0.4, 0.5) is 5.69 Å². The summed E-state index contributed by atoms with van der Waals surface area (Å²) in [5.74, 6) is 0.0550. The van der Waals surface area contributed by atoms with Crippen LogP contribution in [0, 0.1) is 0 Å². The van der Waals surface area contributed by atoms with Gasteiger partial charge in [0, 0.05) is 44.0 Å². The summed E-state index contributed by atoms with van der Waals surface area (Å²) in [6, 6.07) is 9.13. The van der Waals surface area contributed by atoms with Gasteiger partial charge in [-0.3, -0.25) is 9.69 Å². The van der Waals surface area contributed by atoms with E-state index in [1.165, 1.54) is 32.4 Å². The van der Waals surface area contributed by atoms with Crippen molar-refractivity contribution in [1.82, 2.24) is 9.80 Å². The van der Waals surface area contributed by atoms with Crippen LogP contribution in [0.1, 0.15) is 29.6 Å². The van der Waals surface area contributed by atoms with Crippen molar-refractivity contribution in [1.29, 1.82) is 0 Å². The van der Waals surface area contributed by atoms with Crippen LogP contribution in [0.2, 0.25) is 0 Å². The van der Waals surface area contributed by atoms with E-state index >= 15 is 0 Å². The van der Waals surface area contributed by atoms with Crippen molar-refractivity contribution in [3.8, 4) is 0 Å². The molecular weight excluding hydrogens is 250 g/mol. The Labute approximate surface area is 120 Å². The quantitative estimate of drug-likeness (QED) is 0.915. The van der Waals surface area contributed by atoms with Crippen LogP contribution in [0.5, 0.6) is 0 Å². The number of hydrogen-bond acceptors (Lipinski definition) is 3. The predicted octanol–water partition coefficient (Wildman–Crippen LogP) is 2.04. The SMILES string of the molecule is CN(C)C(=O)c1ccc(NC2CCN3CCCC23)cc1. The molecule has 4 heteroatoms. The van der Waals surface area contributed by atoms with Crippen molar-refractivity contribution in [2.75, 3.05) is 32.5 Å². The second kappa shape index (κ2) is 5.44. The molecule has 1 aromatic rings. The lowest BCUT2D eigenvalue weighted by atomic mass is 10.1. The van der Waals surface area contributed by atoms with E-state index in [9.17, 15) is 4.79 Å². The Morgan fingerprint density at radius 2 is 1.95 bits per heavy atom. The fraction of sp³-hybridized carbons (Fsp3) is 0.562. The molecule has 0 bridgehead atoms. The van der Waals surface area contributed by atoms with Crippen LogP contribution in [-0.2, 0) is 0 Å². The maximum Gasteiger partial charge on any atom is 0.253 e. The lowest BCUT2D eigenvalue weighted by Gasteiger charge is -2.22. The second-order valence-electron chi connectivity index (χ2n) is 6.06. The number of amides is 1. The van der Waals surface area contributed by atoms with Crippen molar-refractivity contribution < 1.29 is 4.79 Å². The molecule has 2 aliphatic rings. The lowest BCUT2D eigenvalue weighted by Crippen LogP contribution is -2.33. The summed E-state index contributed by atoms with van der Waals surface area (Å²) >= 11 is 0. The Morgan fingerprint density at radius 3 is 2.65 bits per heavy atom. The summed E-state index contributed by atoms with van der Waals surface area (Å²) < 4.78 is 0. The molecule has 1 aromatic carbocycles. The van der Waals surface area contributed by atoms with E-state index in [0.29, 0.717) is 12.1 Å². The average molecular weight is 273 g/mol. The molecule has 2 aliphatic heterocycles. The minimum atomic E-state index is 0.0550. The first-order chi connectivity index (χ1) is 9.65. The Kier molecular flexibility index (Phi) is 3.66. The Balaban J connectivity index is 1.65. The number of carbonyl (C=O) groups is 1. The monoisotopic (exact) mass is 273 g/mol. The number of anilines is 1. The maximum atomic E-state index is 11.8. The van der Waals surface area contributed by atoms with Gasteiger partial charge in [-0.1, -0.05) is 0 Å². The van der Waals surface area contributed by atoms with Gasteiger partial charge in [-0.2, -0.15) is 0 Å². The van der Waals surface area contributed by atoms with E-state index in [-0.39, 0.29) is 5.91 Å². The molecule has 1 N–H and O–H groups in total. The van der Waals surface area contributed by atoms with Crippen LogP contribution in [-0.4, -0.2) is 55.0 Å². The van der Waals surface area contributed by atoms with Gasteiger partial charge in [0.1, 0.15) is 0 Å². The first-order valence-electron chi connectivity index (χ1n) is 7.47. The Morgan fingerprint density at radius 1 is 1.20 bits per heavy atom. The van der Waals surface area contributed by atoms with Gasteiger partial charge in [0.2, 0.25) is 0 Å². The molecule has 0 spiro atoms. The van der Waals surface area contributed by atoms with Crippen LogP contribution in [0.15, 0.2) is 24.3 Å². The summed E-state index contributed by atoms with van der Waals surface area (Å²) in [6.45, 7) is 2.48. The fourth-order valence-electron chi connectivity index (χ4n) is 3.43. The minimum Gasteiger partial charge on any atom is -0.381 e. The predicted molar refractivity (Wildman–Crippen MR) is 81.1 cm³/mol. The zero-order chi connectivity index (χ0) is 14.1. The van der Waals surface area contributed by atoms with E-state index in [0.717, 1.165) is 11.3 Å². The highest BCUT2D eigenvalue weighted by molar-refractivity contribution is 5.94. The highest BCUT2D eigenvalue weighted by Crippen LogP contribution is 2.30. The molecule has 0 aromatic heterocycles. The van der Waals surface area contributed by atoms with Gasteiger partial charge in [-0.05, 0) is 50.1 Å². The number of nitrogens with zero attached hydrogens (tertiary/aromatic N) is 2. The third kappa shape index (κ3) is 2.52. The van der Waals surface area contributed by atoms with Gasteiger partial charge in [0.25, 0.3) is 5.91 Å². The summed E-state index contributed by atoms with van der Waals surface area (Å²) in [5, 5.41) is 3.64. The largest absolute Gasteiger partial charge is 0.381 e. The second-order valence-corrected chi connectivity index (χ2v) is 6.06. The van der Waals surface area contributed by atoms with Crippen LogP contribution in [0.25, 0.3) is 0 Å². The van der Waals surface area contributed by atoms with Crippen molar-refractivity contribution >= 4 is 11.6 Å². The van der Waals surface area contributed by atoms with Crippen molar-refractivity contribution in [3.63, 3.8) is 0 Å². The number of nitrogens with one attached hydrogen (secondary N) is 1. The molecule has 2 fully saturated rings. The molecule has 4 nitrogen and oxygen atoms in total. The smallest absolute Gasteiger partial charge is 0.253 e. The summed E-state index contributed by atoms with van der Waals surface area (Å²) in [6.07, 6.45) is 3.87. The van der Waals surface area contributed by atoms with Gasteiger partial charge in [0.15, 0.2) is 0 Å². The highest BCUT2D eigenvalue weighted by atomic mass is 16.2. The third-order valence-corrected chi connectivity index (χ3v) is 4.50. The first kappa shape index (κ1) is 13.4. The fourth-order valence-corrected chi connectivity index (χ4v) is 3.43. The molecule has 20 heavy (non-hydrogen) atoms. The molecule has 3 rings (SSSR count). The van der Waals surface area contributed by atoms with Gasteiger partial charge in [-0.15, -0.1) is 0 Å². The molecule has 2 heterocycles. The van der Waals surface area contributed by atoms with Crippen molar-refractivity contribution in [2.24, 2.45) is 0 Å². The summed E-state index contributed by atoms with van der Waals surface area (Å²) in [4.78, 5) is 16.1. The number of hydrogen-bond donors (Lipinski definition) is 1. The Bertz CT molecular complexity index is 483. The molecule has 108 valence electrons. The molecule has 2 unspecified atom stereocenters. The van der Waals surface area contributed by atoms with Crippen LogP contribution < -0.4 is 5.32 Å². The van der Waals surface area contributed by atoms with Crippen LogP contribution >= 0.6 is 0 Å². The summed E-state index contributed by atoms with van der Waals surface area (Å²) in [5.41, 5.74) is 1.87. The number of benzene rings is 1. The van der Waals surface area contributed by atoms with Gasteiger partial charge in [0.05, 0.1) is 0 Å². The number of carbonyl (C=O) groups excluding carboxylic acids is 1. The average Bonchev–Trinajstić information content (AvgIpc) is 3.04. The van der Waals surface area contributed by atoms with Gasteiger partial charge < -0.3 is 10.2 Å². The number of fused-ring (bicyclic) bond motifs is 1. The van der Waals surface area contributed by atoms with E-state index in [4.69, 9.17) is 0 Å². The van der Waals surface area contributed by atoms with Crippen molar-refractivity contribution in [2.45, 2.75) is 31.3 Å². The molecule has 0 aliphatic carbocycles. The maximum absolute atomic E-state index is 11.8. The molecule has 0 radical (unpaired) electrons. The molecule has 1 amide bonds. The van der Waals surface area contributed by atoms with Gasteiger partial charge in [-0.25, -0.2) is 0 Å². The molecule has 2 saturated heterocycles.